The zero-order valence-electron chi connectivity index (χ0n) is 9.38. The van der Waals surface area contributed by atoms with Crippen molar-refractivity contribution in [3.8, 4) is 0 Å². The van der Waals surface area contributed by atoms with E-state index < -0.39 is 0 Å². The van der Waals surface area contributed by atoms with Crippen LogP contribution in [0.5, 0.6) is 0 Å². The molecule has 1 fully saturated rings. The number of aromatic nitrogens is 2. The molecule has 1 aliphatic rings. The summed E-state index contributed by atoms with van der Waals surface area (Å²) in [5, 5.41) is 6.76. The Morgan fingerprint density at radius 2 is 2.33 bits per heavy atom. The van der Waals surface area contributed by atoms with Crippen LogP contribution in [0.2, 0.25) is 0 Å². The maximum absolute atomic E-state index is 4.43. The lowest BCUT2D eigenvalue weighted by molar-refractivity contribution is 0.632. The van der Waals surface area contributed by atoms with Crippen LogP contribution in [0.4, 0.5) is 5.82 Å². The Hall–Kier alpha value is -1.16. The van der Waals surface area contributed by atoms with Crippen molar-refractivity contribution in [1.29, 1.82) is 0 Å². The molecule has 1 aromatic rings. The van der Waals surface area contributed by atoms with E-state index in [0.717, 1.165) is 30.3 Å². The monoisotopic (exact) mass is 206 g/mol. The van der Waals surface area contributed by atoms with Gasteiger partial charge in [0.25, 0.3) is 0 Å². The molecule has 1 aliphatic heterocycles. The largest absolute Gasteiger partial charge is 0.367 e. The lowest BCUT2D eigenvalue weighted by Gasteiger charge is -2.12. The fourth-order valence-electron chi connectivity index (χ4n) is 1.79. The molecule has 2 heterocycles. The summed E-state index contributed by atoms with van der Waals surface area (Å²) in [6.07, 6.45) is 4.34. The molecular formula is C11H18N4. The van der Waals surface area contributed by atoms with Crippen molar-refractivity contribution >= 4 is 5.82 Å². The van der Waals surface area contributed by atoms with Gasteiger partial charge in [0.1, 0.15) is 5.82 Å². The maximum Gasteiger partial charge on any atom is 0.144 e. The zero-order valence-corrected chi connectivity index (χ0v) is 9.38. The van der Waals surface area contributed by atoms with Crippen molar-refractivity contribution < 1.29 is 0 Å². The lowest BCUT2D eigenvalue weighted by Crippen LogP contribution is -2.29. The van der Waals surface area contributed by atoms with Crippen LogP contribution in [0.3, 0.4) is 0 Å². The first-order valence-electron chi connectivity index (χ1n) is 5.53. The smallest absolute Gasteiger partial charge is 0.144 e. The molecule has 2 rings (SSSR count). The Labute approximate surface area is 90.5 Å². The predicted octanol–water partition coefficient (Wildman–Crippen LogP) is 1.26. The van der Waals surface area contributed by atoms with Gasteiger partial charge in [-0.1, -0.05) is 0 Å². The van der Waals surface area contributed by atoms with E-state index in [2.05, 4.69) is 20.6 Å². The molecule has 1 saturated heterocycles. The van der Waals surface area contributed by atoms with Crippen LogP contribution in [0.15, 0.2) is 6.20 Å². The van der Waals surface area contributed by atoms with Crippen molar-refractivity contribution in [1.82, 2.24) is 15.3 Å². The minimum Gasteiger partial charge on any atom is -0.367 e. The van der Waals surface area contributed by atoms with Crippen LogP contribution in [0, 0.1) is 13.8 Å². The standard InChI is InChI=1S/C11H18N4/c1-8-9(2)15-11(7-13-8)14-6-10-4-3-5-12-10/h7,10,12H,3-6H2,1-2H3,(H,14,15). The van der Waals surface area contributed by atoms with E-state index in [-0.39, 0.29) is 0 Å². The van der Waals surface area contributed by atoms with E-state index in [4.69, 9.17) is 0 Å². The third-order valence-electron chi connectivity index (χ3n) is 2.88. The van der Waals surface area contributed by atoms with Crippen LogP contribution < -0.4 is 10.6 Å². The Kier molecular flexibility index (Phi) is 3.16. The van der Waals surface area contributed by atoms with E-state index >= 15 is 0 Å². The van der Waals surface area contributed by atoms with E-state index in [0.29, 0.717) is 6.04 Å². The lowest BCUT2D eigenvalue weighted by atomic mass is 10.2. The number of anilines is 1. The van der Waals surface area contributed by atoms with Gasteiger partial charge in [-0.05, 0) is 33.2 Å². The van der Waals surface area contributed by atoms with Crippen LogP contribution in [-0.2, 0) is 0 Å². The second-order valence-electron chi connectivity index (χ2n) is 4.10. The van der Waals surface area contributed by atoms with Gasteiger partial charge in [0.05, 0.1) is 17.6 Å². The maximum atomic E-state index is 4.43. The van der Waals surface area contributed by atoms with Crippen molar-refractivity contribution in [3.05, 3.63) is 17.6 Å². The summed E-state index contributed by atoms with van der Waals surface area (Å²) in [4.78, 5) is 8.71. The summed E-state index contributed by atoms with van der Waals surface area (Å²) < 4.78 is 0. The van der Waals surface area contributed by atoms with Crippen molar-refractivity contribution in [2.75, 3.05) is 18.4 Å². The molecule has 2 N–H and O–H groups in total. The molecule has 4 nitrogen and oxygen atoms in total. The third kappa shape index (κ3) is 2.65. The first-order valence-corrected chi connectivity index (χ1v) is 5.53. The van der Waals surface area contributed by atoms with Gasteiger partial charge >= 0.3 is 0 Å². The Morgan fingerprint density at radius 3 is 3.00 bits per heavy atom. The number of hydrogen-bond donors (Lipinski definition) is 2. The minimum atomic E-state index is 0.591. The fourth-order valence-corrected chi connectivity index (χ4v) is 1.79. The molecule has 0 radical (unpaired) electrons. The minimum absolute atomic E-state index is 0.591. The van der Waals surface area contributed by atoms with Crippen LogP contribution in [0.1, 0.15) is 24.2 Å². The highest BCUT2D eigenvalue weighted by atomic mass is 15.1. The summed E-state index contributed by atoms with van der Waals surface area (Å²) in [5.41, 5.74) is 2.00. The van der Waals surface area contributed by atoms with Crippen molar-refractivity contribution in [2.45, 2.75) is 32.7 Å². The summed E-state index contributed by atoms with van der Waals surface area (Å²) in [7, 11) is 0. The first kappa shape index (κ1) is 10.4. The molecule has 82 valence electrons. The van der Waals surface area contributed by atoms with E-state index in [1.807, 2.05) is 13.8 Å². The molecule has 0 aliphatic carbocycles. The topological polar surface area (TPSA) is 49.8 Å². The van der Waals surface area contributed by atoms with E-state index in [1.165, 1.54) is 12.8 Å². The number of nitrogens with one attached hydrogen (secondary N) is 2. The molecule has 15 heavy (non-hydrogen) atoms. The molecule has 0 bridgehead atoms. The average molecular weight is 206 g/mol. The van der Waals surface area contributed by atoms with Gasteiger partial charge in [0.15, 0.2) is 0 Å². The number of rotatable bonds is 3. The molecule has 0 amide bonds. The van der Waals surface area contributed by atoms with Crippen molar-refractivity contribution in [2.24, 2.45) is 0 Å². The third-order valence-corrected chi connectivity index (χ3v) is 2.88. The molecule has 0 saturated carbocycles. The Balaban J connectivity index is 1.90. The SMILES string of the molecule is Cc1ncc(NCC2CCCN2)nc1C. The van der Waals surface area contributed by atoms with Crippen LogP contribution in [-0.4, -0.2) is 29.1 Å². The van der Waals surface area contributed by atoms with Gasteiger partial charge in [0, 0.05) is 12.6 Å². The highest BCUT2D eigenvalue weighted by Gasteiger charge is 2.13. The second kappa shape index (κ2) is 4.57. The Morgan fingerprint density at radius 1 is 1.47 bits per heavy atom. The number of aryl methyl sites for hydroxylation is 2. The summed E-state index contributed by atoms with van der Waals surface area (Å²) in [6.45, 7) is 6.05. The van der Waals surface area contributed by atoms with Gasteiger partial charge in [-0.3, -0.25) is 4.98 Å². The summed E-state index contributed by atoms with van der Waals surface area (Å²) >= 11 is 0. The molecule has 1 aromatic heterocycles. The quantitative estimate of drug-likeness (QED) is 0.781. The van der Waals surface area contributed by atoms with E-state index in [9.17, 15) is 0 Å². The second-order valence-corrected chi connectivity index (χ2v) is 4.10. The van der Waals surface area contributed by atoms with Gasteiger partial charge in [-0.2, -0.15) is 0 Å². The van der Waals surface area contributed by atoms with Crippen LogP contribution >= 0.6 is 0 Å². The molecule has 4 heteroatoms. The predicted molar refractivity (Wildman–Crippen MR) is 61.0 cm³/mol. The molecule has 1 atom stereocenters. The molecule has 0 spiro atoms. The van der Waals surface area contributed by atoms with Crippen LogP contribution in [0.25, 0.3) is 0 Å². The first-order chi connectivity index (χ1) is 7.25. The van der Waals surface area contributed by atoms with Gasteiger partial charge < -0.3 is 10.6 Å². The Bertz CT molecular complexity index is 331. The highest BCUT2D eigenvalue weighted by Crippen LogP contribution is 2.08. The van der Waals surface area contributed by atoms with Gasteiger partial charge in [0.2, 0.25) is 0 Å². The number of hydrogen-bond acceptors (Lipinski definition) is 4. The zero-order chi connectivity index (χ0) is 10.7. The number of nitrogens with zero attached hydrogens (tertiary/aromatic N) is 2. The van der Waals surface area contributed by atoms with E-state index in [1.54, 1.807) is 6.20 Å². The molecule has 0 aromatic carbocycles. The summed E-state index contributed by atoms with van der Waals surface area (Å²) in [5.74, 6) is 0.881. The van der Waals surface area contributed by atoms with Crippen molar-refractivity contribution in [3.63, 3.8) is 0 Å². The van der Waals surface area contributed by atoms with Gasteiger partial charge in [-0.15, -0.1) is 0 Å². The molecular weight excluding hydrogens is 188 g/mol. The molecule has 1 unspecified atom stereocenters. The highest BCUT2D eigenvalue weighted by molar-refractivity contribution is 5.33. The fraction of sp³-hybridized carbons (Fsp3) is 0.636. The summed E-state index contributed by atoms with van der Waals surface area (Å²) in [6, 6.07) is 0.591. The average Bonchev–Trinajstić information content (AvgIpc) is 2.73. The van der Waals surface area contributed by atoms with Gasteiger partial charge in [-0.25, -0.2) is 4.98 Å². The normalized spacial score (nSPS) is 20.5.